The SMILES string of the molecule is Cc1ncsc1CCC1(CBr)CCC(C(C)(C)C)CC1. The zero-order chi connectivity index (χ0) is 14.8. The van der Waals surface area contributed by atoms with Crippen molar-refractivity contribution in [3.8, 4) is 0 Å². The fourth-order valence-electron chi connectivity index (χ4n) is 3.49. The summed E-state index contributed by atoms with van der Waals surface area (Å²) in [6.07, 6.45) is 8.10. The fourth-order valence-corrected chi connectivity index (χ4v) is 5.11. The number of hydrogen-bond acceptors (Lipinski definition) is 2. The van der Waals surface area contributed by atoms with Gasteiger partial charge in [-0.25, -0.2) is 4.98 Å². The number of nitrogens with zero attached hydrogens (tertiary/aromatic N) is 1. The molecule has 0 aromatic carbocycles. The van der Waals surface area contributed by atoms with Crippen LogP contribution < -0.4 is 0 Å². The summed E-state index contributed by atoms with van der Waals surface area (Å²) < 4.78 is 0. The average molecular weight is 358 g/mol. The van der Waals surface area contributed by atoms with E-state index in [0.29, 0.717) is 10.8 Å². The molecule has 0 N–H and O–H groups in total. The predicted octanol–water partition coefficient (Wildman–Crippen LogP) is 6.00. The van der Waals surface area contributed by atoms with Crippen LogP contribution in [0.15, 0.2) is 5.51 Å². The van der Waals surface area contributed by atoms with Gasteiger partial charge in [-0.3, -0.25) is 0 Å². The van der Waals surface area contributed by atoms with Gasteiger partial charge in [-0.1, -0.05) is 36.7 Å². The van der Waals surface area contributed by atoms with Crippen LogP contribution >= 0.6 is 27.3 Å². The number of rotatable bonds is 4. The third kappa shape index (κ3) is 3.85. The standard InChI is InChI=1S/C17H28BrNS/c1-13-15(20-12-19-13)7-10-17(11-18)8-5-14(6-9-17)16(2,3)4/h12,14H,5-11H2,1-4H3. The van der Waals surface area contributed by atoms with Gasteiger partial charge in [0.1, 0.15) is 0 Å². The molecule has 0 spiro atoms. The van der Waals surface area contributed by atoms with E-state index in [1.54, 1.807) is 0 Å². The number of alkyl halides is 1. The third-order valence-corrected chi connectivity index (χ3v) is 7.47. The van der Waals surface area contributed by atoms with E-state index in [1.165, 1.54) is 49.1 Å². The lowest BCUT2D eigenvalue weighted by molar-refractivity contribution is 0.0977. The summed E-state index contributed by atoms with van der Waals surface area (Å²) in [4.78, 5) is 5.87. The second kappa shape index (κ2) is 6.48. The first-order valence-corrected chi connectivity index (χ1v) is 9.81. The first-order valence-electron chi connectivity index (χ1n) is 7.81. The lowest BCUT2D eigenvalue weighted by Gasteiger charge is -2.43. The van der Waals surface area contributed by atoms with Gasteiger partial charge in [0.2, 0.25) is 0 Å². The van der Waals surface area contributed by atoms with Crippen molar-refractivity contribution in [3.63, 3.8) is 0 Å². The Kier molecular flexibility index (Phi) is 5.34. The molecule has 114 valence electrons. The van der Waals surface area contributed by atoms with Crippen molar-refractivity contribution in [2.24, 2.45) is 16.7 Å². The topological polar surface area (TPSA) is 12.9 Å². The molecule has 2 rings (SSSR count). The lowest BCUT2D eigenvalue weighted by Crippen LogP contribution is -2.34. The summed E-state index contributed by atoms with van der Waals surface area (Å²) >= 11 is 5.63. The van der Waals surface area contributed by atoms with Gasteiger partial charge in [-0.05, 0) is 62.2 Å². The van der Waals surface area contributed by atoms with Crippen LogP contribution in [0.5, 0.6) is 0 Å². The van der Waals surface area contributed by atoms with Gasteiger partial charge in [-0.2, -0.15) is 0 Å². The van der Waals surface area contributed by atoms with Gasteiger partial charge >= 0.3 is 0 Å². The Morgan fingerprint density at radius 3 is 2.45 bits per heavy atom. The van der Waals surface area contributed by atoms with E-state index in [2.05, 4.69) is 48.6 Å². The highest BCUT2D eigenvalue weighted by molar-refractivity contribution is 9.09. The smallest absolute Gasteiger partial charge is 0.0797 e. The molecule has 1 saturated carbocycles. The molecule has 0 amide bonds. The van der Waals surface area contributed by atoms with E-state index in [4.69, 9.17) is 0 Å². The molecule has 0 bridgehead atoms. The minimum absolute atomic E-state index is 0.479. The first-order chi connectivity index (χ1) is 9.36. The van der Waals surface area contributed by atoms with Crippen molar-refractivity contribution in [2.45, 2.75) is 66.2 Å². The first kappa shape index (κ1) is 16.5. The number of aryl methyl sites for hydroxylation is 2. The van der Waals surface area contributed by atoms with Crippen molar-refractivity contribution in [3.05, 3.63) is 16.1 Å². The number of hydrogen-bond donors (Lipinski definition) is 0. The largest absolute Gasteiger partial charge is 0.250 e. The Morgan fingerprint density at radius 2 is 2.00 bits per heavy atom. The van der Waals surface area contributed by atoms with Crippen molar-refractivity contribution in [2.75, 3.05) is 5.33 Å². The molecule has 3 heteroatoms. The Morgan fingerprint density at radius 1 is 1.35 bits per heavy atom. The molecule has 1 fully saturated rings. The van der Waals surface area contributed by atoms with Crippen LogP contribution in [0.4, 0.5) is 0 Å². The van der Waals surface area contributed by atoms with Crippen LogP contribution in [-0.2, 0) is 6.42 Å². The molecular weight excluding hydrogens is 330 g/mol. The molecular formula is C17H28BrNS. The summed E-state index contributed by atoms with van der Waals surface area (Å²) in [5, 5.41) is 1.16. The van der Waals surface area contributed by atoms with E-state index < -0.39 is 0 Å². The highest BCUT2D eigenvalue weighted by atomic mass is 79.9. The molecule has 20 heavy (non-hydrogen) atoms. The highest BCUT2D eigenvalue weighted by Gasteiger charge is 2.37. The van der Waals surface area contributed by atoms with Gasteiger partial charge in [0.15, 0.2) is 0 Å². The monoisotopic (exact) mass is 357 g/mol. The molecule has 1 heterocycles. The van der Waals surface area contributed by atoms with Gasteiger partial charge in [0.05, 0.1) is 11.2 Å². The van der Waals surface area contributed by atoms with Crippen molar-refractivity contribution < 1.29 is 0 Å². The summed E-state index contributed by atoms with van der Waals surface area (Å²) in [6.45, 7) is 9.35. The van der Waals surface area contributed by atoms with Crippen LogP contribution in [0, 0.1) is 23.7 Å². The van der Waals surface area contributed by atoms with Gasteiger partial charge in [0.25, 0.3) is 0 Å². The minimum atomic E-state index is 0.479. The Balaban J connectivity index is 1.93. The number of thiazole rings is 1. The molecule has 1 aromatic heterocycles. The summed E-state index contributed by atoms with van der Waals surface area (Å²) in [6, 6.07) is 0. The molecule has 1 aliphatic rings. The molecule has 0 saturated heterocycles. The summed E-state index contributed by atoms with van der Waals surface area (Å²) in [5.41, 5.74) is 4.23. The van der Waals surface area contributed by atoms with Crippen molar-refractivity contribution in [1.82, 2.24) is 4.98 Å². The summed E-state index contributed by atoms with van der Waals surface area (Å²) in [5.74, 6) is 0.903. The van der Waals surface area contributed by atoms with E-state index in [9.17, 15) is 0 Å². The number of aromatic nitrogens is 1. The zero-order valence-electron chi connectivity index (χ0n) is 13.3. The molecule has 0 atom stereocenters. The highest BCUT2D eigenvalue weighted by Crippen LogP contribution is 2.48. The van der Waals surface area contributed by atoms with Gasteiger partial charge < -0.3 is 0 Å². The van der Waals surface area contributed by atoms with E-state index in [1.807, 2.05) is 16.8 Å². The van der Waals surface area contributed by atoms with Crippen LogP contribution in [0.2, 0.25) is 0 Å². The van der Waals surface area contributed by atoms with Crippen molar-refractivity contribution >= 4 is 27.3 Å². The maximum atomic E-state index is 4.38. The average Bonchev–Trinajstić information content (AvgIpc) is 2.81. The molecule has 1 nitrogen and oxygen atoms in total. The van der Waals surface area contributed by atoms with E-state index in [0.717, 1.165) is 11.2 Å². The van der Waals surface area contributed by atoms with Crippen LogP contribution in [0.3, 0.4) is 0 Å². The Hall–Kier alpha value is 0.110. The zero-order valence-corrected chi connectivity index (χ0v) is 15.7. The van der Waals surface area contributed by atoms with Gasteiger partial charge in [0, 0.05) is 10.2 Å². The van der Waals surface area contributed by atoms with Crippen molar-refractivity contribution in [1.29, 1.82) is 0 Å². The normalized spacial score (nSPS) is 27.8. The maximum Gasteiger partial charge on any atom is 0.0797 e. The minimum Gasteiger partial charge on any atom is -0.250 e. The Bertz CT molecular complexity index is 424. The molecule has 0 aliphatic heterocycles. The van der Waals surface area contributed by atoms with Crippen LogP contribution in [-0.4, -0.2) is 10.3 Å². The second-order valence-corrected chi connectivity index (χ2v) is 9.13. The maximum absolute atomic E-state index is 4.38. The Labute approximate surface area is 136 Å². The molecule has 0 radical (unpaired) electrons. The molecule has 0 unspecified atom stereocenters. The van der Waals surface area contributed by atoms with E-state index in [-0.39, 0.29) is 0 Å². The van der Waals surface area contributed by atoms with Crippen LogP contribution in [0.1, 0.15) is 63.4 Å². The quantitative estimate of drug-likeness (QED) is 0.601. The third-order valence-electron chi connectivity index (χ3n) is 5.28. The molecule has 1 aliphatic carbocycles. The predicted molar refractivity (Wildman–Crippen MR) is 92.8 cm³/mol. The molecule has 1 aromatic rings. The fraction of sp³-hybridized carbons (Fsp3) is 0.824. The summed E-state index contributed by atoms with van der Waals surface area (Å²) in [7, 11) is 0. The number of halogens is 1. The lowest BCUT2D eigenvalue weighted by atomic mass is 9.63. The van der Waals surface area contributed by atoms with Crippen LogP contribution in [0.25, 0.3) is 0 Å². The second-order valence-electron chi connectivity index (χ2n) is 7.63. The van der Waals surface area contributed by atoms with E-state index >= 15 is 0 Å². The van der Waals surface area contributed by atoms with Gasteiger partial charge in [-0.15, -0.1) is 11.3 Å².